The summed E-state index contributed by atoms with van der Waals surface area (Å²) in [5, 5.41) is 9.04. The highest BCUT2D eigenvalue weighted by atomic mass is 16.5. The SMILES string of the molecule is COc1ccccc1C(=O)N1C=CC[C@H]1C(=O)O. The fourth-order valence-electron chi connectivity index (χ4n) is 1.91. The van der Waals surface area contributed by atoms with Gasteiger partial charge in [-0.3, -0.25) is 4.79 Å². The predicted molar refractivity (Wildman–Crippen MR) is 64.3 cm³/mol. The maximum absolute atomic E-state index is 12.3. The largest absolute Gasteiger partial charge is 0.496 e. The van der Waals surface area contributed by atoms with Crippen molar-refractivity contribution in [2.75, 3.05) is 7.11 Å². The number of hydrogen-bond donors (Lipinski definition) is 1. The number of ether oxygens (including phenoxy) is 1. The van der Waals surface area contributed by atoms with Crippen molar-refractivity contribution in [3.05, 3.63) is 42.1 Å². The number of carbonyl (C=O) groups is 2. The van der Waals surface area contributed by atoms with E-state index in [4.69, 9.17) is 9.84 Å². The first-order valence-corrected chi connectivity index (χ1v) is 5.50. The molecule has 18 heavy (non-hydrogen) atoms. The lowest BCUT2D eigenvalue weighted by Gasteiger charge is -2.21. The Hall–Kier alpha value is -2.30. The highest BCUT2D eigenvalue weighted by Crippen LogP contribution is 2.23. The Morgan fingerprint density at radius 3 is 2.78 bits per heavy atom. The second-order valence-electron chi connectivity index (χ2n) is 3.89. The highest BCUT2D eigenvalue weighted by Gasteiger charge is 2.32. The van der Waals surface area contributed by atoms with E-state index in [1.54, 1.807) is 30.3 Å². The molecule has 0 aliphatic carbocycles. The molecule has 0 fully saturated rings. The van der Waals surface area contributed by atoms with Gasteiger partial charge in [-0.25, -0.2) is 4.79 Å². The van der Waals surface area contributed by atoms with Gasteiger partial charge in [0.1, 0.15) is 11.8 Å². The summed E-state index contributed by atoms with van der Waals surface area (Å²) in [7, 11) is 1.47. The fourth-order valence-corrected chi connectivity index (χ4v) is 1.91. The number of carboxylic acid groups (broad SMARTS) is 1. The topological polar surface area (TPSA) is 66.8 Å². The van der Waals surface area contributed by atoms with Gasteiger partial charge in [0.15, 0.2) is 0 Å². The third-order valence-corrected chi connectivity index (χ3v) is 2.82. The fraction of sp³-hybridized carbons (Fsp3) is 0.231. The van der Waals surface area contributed by atoms with E-state index in [0.717, 1.165) is 0 Å². The standard InChI is InChI=1S/C13H13NO4/c1-18-11-7-3-2-5-9(11)12(15)14-8-4-6-10(14)13(16)17/h2-5,7-8,10H,6H2,1H3,(H,16,17)/t10-/m0/s1. The molecular weight excluding hydrogens is 234 g/mol. The average molecular weight is 247 g/mol. The van der Waals surface area contributed by atoms with Crippen LogP contribution in [0.25, 0.3) is 0 Å². The lowest BCUT2D eigenvalue weighted by atomic mass is 10.1. The van der Waals surface area contributed by atoms with Crippen molar-refractivity contribution in [1.82, 2.24) is 4.90 Å². The predicted octanol–water partition coefficient (Wildman–Crippen LogP) is 1.51. The monoisotopic (exact) mass is 247 g/mol. The molecule has 1 aliphatic heterocycles. The summed E-state index contributed by atoms with van der Waals surface area (Å²) in [5.41, 5.74) is 0.359. The van der Waals surface area contributed by atoms with Crippen LogP contribution in [-0.2, 0) is 4.79 Å². The van der Waals surface area contributed by atoms with Crippen molar-refractivity contribution >= 4 is 11.9 Å². The first-order valence-electron chi connectivity index (χ1n) is 5.50. The number of rotatable bonds is 3. The summed E-state index contributed by atoms with van der Waals surface area (Å²) in [6, 6.07) is 5.92. The quantitative estimate of drug-likeness (QED) is 0.879. The Labute approximate surface area is 104 Å². The van der Waals surface area contributed by atoms with Gasteiger partial charge in [-0.15, -0.1) is 0 Å². The van der Waals surface area contributed by atoms with Crippen LogP contribution in [-0.4, -0.2) is 35.0 Å². The molecule has 1 atom stereocenters. The maximum atomic E-state index is 12.3. The van der Waals surface area contributed by atoms with Crippen LogP contribution >= 0.6 is 0 Å². The van der Waals surface area contributed by atoms with Crippen molar-refractivity contribution in [2.24, 2.45) is 0 Å². The number of benzene rings is 1. The molecule has 0 saturated carbocycles. The summed E-state index contributed by atoms with van der Waals surface area (Å²) < 4.78 is 5.10. The number of para-hydroxylation sites is 1. The van der Waals surface area contributed by atoms with Gasteiger partial charge in [0.05, 0.1) is 12.7 Å². The zero-order valence-corrected chi connectivity index (χ0v) is 9.87. The van der Waals surface area contributed by atoms with E-state index in [9.17, 15) is 9.59 Å². The summed E-state index contributed by atoms with van der Waals surface area (Å²) in [6.45, 7) is 0. The average Bonchev–Trinajstić information content (AvgIpc) is 2.87. The number of carbonyl (C=O) groups excluding carboxylic acids is 1. The van der Waals surface area contributed by atoms with Crippen molar-refractivity contribution in [3.63, 3.8) is 0 Å². The number of carboxylic acids is 1. The molecule has 5 nitrogen and oxygen atoms in total. The van der Waals surface area contributed by atoms with E-state index < -0.39 is 12.0 Å². The Morgan fingerprint density at radius 1 is 1.39 bits per heavy atom. The van der Waals surface area contributed by atoms with Gasteiger partial charge >= 0.3 is 5.97 Å². The molecule has 94 valence electrons. The van der Waals surface area contributed by atoms with Crippen molar-refractivity contribution in [1.29, 1.82) is 0 Å². The minimum atomic E-state index is -1.01. The number of amides is 1. The summed E-state index contributed by atoms with van der Waals surface area (Å²) in [6.07, 6.45) is 3.51. The van der Waals surface area contributed by atoms with Crippen LogP contribution in [0.2, 0.25) is 0 Å². The molecule has 1 amide bonds. The summed E-state index contributed by atoms with van der Waals surface area (Å²) in [4.78, 5) is 24.5. The van der Waals surface area contributed by atoms with Crippen LogP contribution in [0.15, 0.2) is 36.5 Å². The van der Waals surface area contributed by atoms with Crippen LogP contribution in [0.5, 0.6) is 5.75 Å². The van der Waals surface area contributed by atoms with Gasteiger partial charge < -0.3 is 14.7 Å². The van der Waals surface area contributed by atoms with Gasteiger partial charge in [0, 0.05) is 6.20 Å². The van der Waals surface area contributed by atoms with Gasteiger partial charge in [0.25, 0.3) is 5.91 Å². The van der Waals surface area contributed by atoms with Gasteiger partial charge in [-0.2, -0.15) is 0 Å². The smallest absolute Gasteiger partial charge is 0.327 e. The highest BCUT2D eigenvalue weighted by molar-refractivity contribution is 6.00. The second kappa shape index (κ2) is 4.91. The van der Waals surface area contributed by atoms with Crippen molar-refractivity contribution < 1.29 is 19.4 Å². The zero-order valence-electron chi connectivity index (χ0n) is 9.87. The van der Waals surface area contributed by atoms with Gasteiger partial charge in [-0.05, 0) is 18.6 Å². The number of aliphatic carboxylic acids is 1. The molecule has 0 aromatic heterocycles. The van der Waals surface area contributed by atoms with Crippen molar-refractivity contribution in [2.45, 2.75) is 12.5 Å². The molecule has 5 heteroatoms. The molecule has 1 heterocycles. The van der Waals surface area contributed by atoms with E-state index in [1.807, 2.05) is 0 Å². The molecule has 0 spiro atoms. The van der Waals surface area contributed by atoms with Gasteiger partial charge in [-0.1, -0.05) is 18.2 Å². The number of hydrogen-bond acceptors (Lipinski definition) is 3. The Bertz CT molecular complexity index is 509. The van der Waals surface area contributed by atoms with Crippen molar-refractivity contribution in [3.8, 4) is 5.75 Å². The van der Waals surface area contributed by atoms with Crippen LogP contribution in [0.4, 0.5) is 0 Å². The summed E-state index contributed by atoms with van der Waals surface area (Å²) >= 11 is 0. The lowest BCUT2D eigenvalue weighted by molar-refractivity contribution is -0.141. The minimum Gasteiger partial charge on any atom is -0.496 e. The Morgan fingerprint density at radius 2 is 2.11 bits per heavy atom. The third kappa shape index (κ3) is 2.07. The van der Waals surface area contributed by atoms with Crippen LogP contribution < -0.4 is 4.74 Å². The lowest BCUT2D eigenvalue weighted by Crippen LogP contribution is -2.38. The number of nitrogens with zero attached hydrogens (tertiary/aromatic N) is 1. The molecule has 1 aromatic rings. The van der Waals surface area contributed by atoms with Crippen LogP contribution in [0.1, 0.15) is 16.8 Å². The molecule has 2 rings (SSSR count). The van der Waals surface area contributed by atoms with E-state index >= 15 is 0 Å². The van der Waals surface area contributed by atoms with E-state index in [2.05, 4.69) is 0 Å². The van der Waals surface area contributed by atoms with E-state index in [1.165, 1.54) is 18.2 Å². The van der Waals surface area contributed by atoms with E-state index in [0.29, 0.717) is 17.7 Å². The number of methoxy groups -OCH3 is 1. The molecule has 0 unspecified atom stereocenters. The minimum absolute atomic E-state index is 0.330. The van der Waals surface area contributed by atoms with E-state index in [-0.39, 0.29) is 5.91 Å². The summed E-state index contributed by atoms with van der Waals surface area (Å²) in [5.74, 6) is -0.941. The Kier molecular flexibility index (Phi) is 3.32. The third-order valence-electron chi connectivity index (χ3n) is 2.82. The second-order valence-corrected chi connectivity index (χ2v) is 3.89. The molecule has 0 radical (unpaired) electrons. The molecule has 0 saturated heterocycles. The molecule has 1 N–H and O–H groups in total. The molecular formula is C13H13NO4. The molecule has 1 aliphatic rings. The Balaban J connectivity index is 2.31. The van der Waals surface area contributed by atoms with Crippen LogP contribution in [0, 0.1) is 0 Å². The molecule has 1 aromatic carbocycles. The van der Waals surface area contributed by atoms with Crippen LogP contribution in [0.3, 0.4) is 0 Å². The first kappa shape index (κ1) is 12.2. The van der Waals surface area contributed by atoms with Gasteiger partial charge in [0.2, 0.25) is 0 Å². The first-order chi connectivity index (χ1) is 8.65. The molecule has 0 bridgehead atoms. The zero-order chi connectivity index (χ0) is 13.1. The normalized spacial score (nSPS) is 17.8. The maximum Gasteiger partial charge on any atom is 0.327 e.